The molecule has 0 aliphatic heterocycles. The summed E-state index contributed by atoms with van der Waals surface area (Å²) in [5.41, 5.74) is 9.05. The van der Waals surface area contributed by atoms with Gasteiger partial charge in [-0.3, -0.25) is 4.68 Å². The lowest BCUT2D eigenvalue weighted by atomic mass is 9.92. The maximum atomic E-state index is 10.3. The number of hydrogen-bond donors (Lipinski definition) is 2. The van der Waals surface area contributed by atoms with E-state index in [2.05, 4.69) is 17.2 Å². The number of aliphatic hydroxyl groups is 1. The minimum absolute atomic E-state index is 0.0688. The fourth-order valence-electron chi connectivity index (χ4n) is 3.09. The first-order valence-electron chi connectivity index (χ1n) is 7.31. The van der Waals surface area contributed by atoms with Gasteiger partial charge in [-0.2, -0.15) is 5.10 Å². The van der Waals surface area contributed by atoms with Gasteiger partial charge in [0.15, 0.2) is 0 Å². The molecular formula is C16H21N3O. The van der Waals surface area contributed by atoms with E-state index >= 15 is 0 Å². The Morgan fingerprint density at radius 2 is 1.95 bits per heavy atom. The van der Waals surface area contributed by atoms with Crippen LogP contribution in [0.2, 0.25) is 0 Å². The molecule has 1 heterocycles. The maximum Gasteiger partial charge on any atom is 0.0785 e. The predicted molar refractivity (Wildman–Crippen MR) is 79.1 cm³/mol. The third kappa shape index (κ3) is 2.37. The van der Waals surface area contributed by atoms with Gasteiger partial charge in [0.25, 0.3) is 0 Å². The van der Waals surface area contributed by atoms with Gasteiger partial charge in [0.2, 0.25) is 0 Å². The van der Waals surface area contributed by atoms with Gasteiger partial charge < -0.3 is 10.8 Å². The minimum Gasteiger partial charge on any atom is -0.391 e. The number of nitrogens with two attached hydrogens (primary N) is 1. The molecule has 3 rings (SSSR count). The molecule has 1 aliphatic rings. The van der Waals surface area contributed by atoms with Crippen LogP contribution in [-0.2, 0) is 6.54 Å². The van der Waals surface area contributed by atoms with Crippen LogP contribution in [0.1, 0.15) is 37.3 Å². The molecule has 4 heteroatoms. The summed E-state index contributed by atoms with van der Waals surface area (Å²) >= 11 is 0. The second-order valence-corrected chi connectivity index (χ2v) is 5.45. The lowest BCUT2D eigenvalue weighted by Crippen LogP contribution is -2.28. The van der Waals surface area contributed by atoms with Crippen molar-refractivity contribution in [1.82, 2.24) is 9.78 Å². The van der Waals surface area contributed by atoms with Crippen LogP contribution in [0.15, 0.2) is 36.5 Å². The molecule has 2 unspecified atom stereocenters. The summed E-state index contributed by atoms with van der Waals surface area (Å²) in [5.74, 6) is 0. The smallest absolute Gasteiger partial charge is 0.0785 e. The molecule has 0 spiro atoms. The summed E-state index contributed by atoms with van der Waals surface area (Å²) in [6.45, 7) is 0.465. The molecule has 2 aromatic rings. The van der Waals surface area contributed by atoms with Crippen molar-refractivity contribution in [2.75, 3.05) is 0 Å². The Kier molecular flexibility index (Phi) is 3.85. The first-order valence-corrected chi connectivity index (χ1v) is 7.31. The largest absolute Gasteiger partial charge is 0.391 e. The maximum absolute atomic E-state index is 10.3. The third-order valence-electron chi connectivity index (χ3n) is 4.15. The van der Waals surface area contributed by atoms with Crippen LogP contribution >= 0.6 is 0 Å². The Hall–Kier alpha value is -1.65. The van der Waals surface area contributed by atoms with E-state index in [0.29, 0.717) is 6.54 Å². The van der Waals surface area contributed by atoms with Crippen LogP contribution < -0.4 is 5.73 Å². The molecule has 1 aromatic carbocycles. The SMILES string of the molecule is NCc1cnn(C2CCCCC2O)c1-c1ccccc1. The van der Waals surface area contributed by atoms with Crippen molar-refractivity contribution >= 4 is 0 Å². The van der Waals surface area contributed by atoms with Crippen molar-refractivity contribution in [2.45, 2.75) is 44.4 Å². The predicted octanol–water partition coefficient (Wildman–Crippen LogP) is 2.48. The number of benzene rings is 1. The highest BCUT2D eigenvalue weighted by Gasteiger charge is 2.28. The molecular weight excluding hydrogens is 250 g/mol. The minimum atomic E-state index is -0.309. The molecule has 0 amide bonds. The Labute approximate surface area is 119 Å². The van der Waals surface area contributed by atoms with Gasteiger partial charge >= 0.3 is 0 Å². The average molecular weight is 271 g/mol. The van der Waals surface area contributed by atoms with Gasteiger partial charge in [0, 0.05) is 17.7 Å². The van der Waals surface area contributed by atoms with Crippen molar-refractivity contribution in [2.24, 2.45) is 5.73 Å². The number of hydrogen-bond acceptors (Lipinski definition) is 3. The molecule has 1 aliphatic carbocycles. The second-order valence-electron chi connectivity index (χ2n) is 5.45. The molecule has 0 saturated heterocycles. The number of aromatic nitrogens is 2. The third-order valence-corrected chi connectivity index (χ3v) is 4.15. The topological polar surface area (TPSA) is 64.1 Å². The van der Waals surface area contributed by atoms with Gasteiger partial charge in [0.05, 0.1) is 24.0 Å². The highest BCUT2D eigenvalue weighted by Crippen LogP contribution is 2.33. The molecule has 1 fully saturated rings. The quantitative estimate of drug-likeness (QED) is 0.901. The first-order chi connectivity index (χ1) is 9.81. The van der Waals surface area contributed by atoms with Crippen LogP contribution in [0.25, 0.3) is 11.3 Å². The van der Waals surface area contributed by atoms with Crippen molar-refractivity contribution in [1.29, 1.82) is 0 Å². The first kappa shape index (κ1) is 13.3. The summed E-state index contributed by atoms with van der Waals surface area (Å²) in [4.78, 5) is 0. The van der Waals surface area contributed by atoms with E-state index in [1.54, 1.807) is 0 Å². The van der Waals surface area contributed by atoms with Gasteiger partial charge in [-0.1, -0.05) is 43.2 Å². The molecule has 1 aromatic heterocycles. The summed E-state index contributed by atoms with van der Waals surface area (Å²) < 4.78 is 1.99. The van der Waals surface area contributed by atoms with Gasteiger partial charge in [-0.05, 0) is 12.8 Å². The van der Waals surface area contributed by atoms with Gasteiger partial charge in [-0.15, -0.1) is 0 Å². The normalized spacial score (nSPS) is 22.9. The molecule has 106 valence electrons. The summed E-state index contributed by atoms with van der Waals surface area (Å²) in [7, 11) is 0. The van der Waals surface area contributed by atoms with Crippen molar-refractivity contribution in [3.8, 4) is 11.3 Å². The average Bonchev–Trinajstić information content (AvgIpc) is 2.92. The zero-order valence-corrected chi connectivity index (χ0v) is 11.6. The summed E-state index contributed by atoms with van der Waals surface area (Å²) in [6, 6.07) is 10.2. The van der Waals surface area contributed by atoms with Crippen LogP contribution in [0.3, 0.4) is 0 Å². The van der Waals surface area contributed by atoms with E-state index in [-0.39, 0.29) is 12.1 Å². The van der Waals surface area contributed by atoms with E-state index in [1.165, 1.54) is 0 Å². The fraction of sp³-hybridized carbons (Fsp3) is 0.438. The molecule has 2 atom stereocenters. The zero-order valence-electron chi connectivity index (χ0n) is 11.6. The van der Waals surface area contributed by atoms with E-state index in [9.17, 15) is 5.11 Å². The Balaban J connectivity index is 2.05. The molecule has 0 bridgehead atoms. The number of rotatable bonds is 3. The van der Waals surface area contributed by atoms with Crippen LogP contribution in [-0.4, -0.2) is 21.0 Å². The number of aliphatic hydroxyl groups excluding tert-OH is 1. The fourth-order valence-corrected chi connectivity index (χ4v) is 3.09. The monoisotopic (exact) mass is 271 g/mol. The van der Waals surface area contributed by atoms with Crippen LogP contribution in [0, 0.1) is 0 Å². The number of nitrogens with zero attached hydrogens (tertiary/aromatic N) is 2. The highest BCUT2D eigenvalue weighted by atomic mass is 16.3. The van der Waals surface area contributed by atoms with E-state index in [4.69, 9.17) is 5.73 Å². The Morgan fingerprint density at radius 3 is 2.65 bits per heavy atom. The zero-order chi connectivity index (χ0) is 13.9. The second kappa shape index (κ2) is 5.77. The van der Waals surface area contributed by atoms with Gasteiger partial charge in [-0.25, -0.2) is 0 Å². The molecule has 0 radical (unpaired) electrons. The summed E-state index contributed by atoms with van der Waals surface area (Å²) in [5, 5.41) is 14.8. The van der Waals surface area contributed by atoms with Crippen LogP contribution in [0.5, 0.6) is 0 Å². The molecule has 4 nitrogen and oxygen atoms in total. The summed E-state index contributed by atoms with van der Waals surface area (Å²) in [6.07, 6.45) is 5.61. The lowest BCUT2D eigenvalue weighted by Gasteiger charge is -2.29. The lowest BCUT2D eigenvalue weighted by molar-refractivity contribution is 0.0703. The van der Waals surface area contributed by atoms with Crippen molar-refractivity contribution in [3.63, 3.8) is 0 Å². The standard InChI is InChI=1S/C16H21N3O/c17-10-13-11-18-19(14-8-4-5-9-15(14)20)16(13)12-6-2-1-3-7-12/h1-3,6-7,11,14-15,20H,4-5,8-10,17H2. The molecule has 1 saturated carbocycles. The van der Waals surface area contributed by atoms with Crippen molar-refractivity contribution < 1.29 is 5.11 Å². The van der Waals surface area contributed by atoms with E-state index in [0.717, 1.165) is 42.5 Å². The molecule has 20 heavy (non-hydrogen) atoms. The van der Waals surface area contributed by atoms with Gasteiger partial charge in [0.1, 0.15) is 0 Å². The Morgan fingerprint density at radius 1 is 1.20 bits per heavy atom. The van der Waals surface area contributed by atoms with Crippen LogP contribution in [0.4, 0.5) is 0 Å². The molecule has 3 N–H and O–H groups in total. The van der Waals surface area contributed by atoms with E-state index in [1.807, 2.05) is 29.1 Å². The van der Waals surface area contributed by atoms with E-state index < -0.39 is 0 Å². The van der Waals surface area contributed by atoms with Crippen molar-refractivity contribution in [3.05, 3.63) is 42.1 Å². The highest BCUT2D eigenvalue weighted by molar-refractivity contribution is 5.63. The Bertz CT molecular complexity index is 564.